The molecule has 2 heterocycles. The molecule has 0 saturated carbocycles. The third-order valence-corrected chi connectivity index (χ3v) is 5.56. The van der Waals surface area contributed by atoms with Crippen molar-refractivity contribution in [3.63, 3.8) is 0 Å². The third-order valence-electron chi connectivity index (χ3n) is 5.56. The number of rotatable bonds is 7. The molecule has 2 aromatic rings. The van der Waals surface area contributed by atoms with Crippen molar-refractivity contribution in [2.45, 2.75) is 46.2 Å². The fourth-order valence-corrected chi connectivity index (χ4v) is 3.71. The highest BCUT2D eigenvalue weighted by molar-refractivity contribution is 5.94. The van der Waals surface area contributed by atoms with E-state index in [1.807, 2.05) is 24.3 Å². The fraction of sp³-hybridized carbons (Fsp3) is 0.571. The van der Waals surface area contributed by atoms with Gasteiger partial charge in [0.25, 0.3) is 5.91 Å². The molecular weight excluding hydrogens is 338 g/mol. The monoisotopic (exact) mass is 369 g/mol. The summed E-state index contributed by atoms with van der Waals surface area (Å²) in [5.74, 6) is 1.33. The van der Waals surface area contributed by atoms with Gasteiger partial charge in [0.05, 0.1) is 6.54 Å². The van der Waals surface area contributed by atoms with Gasteiger partial charge < -0.3 is 5.32 Å². The van der Waals surface area contributed by atoms with E-state index in [2.05, 4.69) is 41.1 Å². The molecule has 1 saturated heterocycles. The van der Waals surface area contributed by atoms with Gasteiger partial charge in [-0.1, -0.05) is 32.9 Å². The van der Waals surface area contributed by atoms with Gasteiger partial charge in [-0.25, -0.2) is 9.67 Å². The van der Waals surface area contributed by atoms with Crippen molar-refractivity contribution in [1.29, 1.82) is 0 Å². The van der Waals surface area contributed by atoms with Crippen molar-refractivity contribution in [3.8, 4) is 0 Å². The molecule has 0 radical (unpaired) electrons. The highest BCUT2D eigenvalue weighted by Gasteiger charge is 2.26. The van der Waals surface area contributed by atoms with E-state index in [0.29, 0.717) is 30.6 Å². The lowest BCUT2D eigenvalue weighted by atomic mass is 9.94. The van der Waals surface area contributed by atoms with E-state index in [4.69, 9.17) is 0 Å². The highest BCUT2D eigenvalue weighted by atomic mass is 16.1. The SMILES string of the molecule is CC1CCN([C@@H](CNC(=O)c2ccc(Cn3cncn3)cc2)C(C)C)CC1. The van der Waals surface area contributed by atoms with Crippen molar-refractivity contribution in [2.24, 2.45) is 11.8 Å². The third kappa shape index (κ3) is 5.39. The molecule has 1 atom stereocenters. The minimum atomic E-state index is -0.00154. The van der Waals surface area contributed by atoms with Gasteiger partial charge in [-0.15, -0.1) is 0 Å². The Hall–Kier alpha value is -2.21. The number of aromatic nitrogens is 3. The molecule has 6 nitrogen and oxygen atoms in total. The van der Waals surface area contributed by atoms with Crippen molar-refractivity contribution < 1.29 is 4.79 Å². The van der Waals surface area contributed by atoms with Crippen LogP contribution >= 0.6 is 0 Å². The minimum absolute atomic E-state index is 0.00154. The molecule has 1 aromatic heterocycles. The second-order valence-corrected chi connectivity index (χ2v) is 8.03. The first-order valence-electron chi connectivity index (χ1n) is 9.96. The molecule has 6 heteroatoms. The molecule has 1 N–H and O–H groups in total. The fourth-order valence-electron chi connectivity index (χ4n) is 3.71. The van der Waals surface area contributed by atoms with Crippen LogP contribution in [0.4, 0.5) is 0 Å². The van der Waals surface area contributed by atoms with Gasteiger partial charge in [0, 0.05) is 18.2 Å². The van der Waals surface area contributed by atoms with Crippen molar-refractivity contribution in [2.75, 3.05) is 19.6 Å². The maximum Gasteiger partial charge on any atom is 0.251 e. The van der Waals surface area contributed by atoms with E-state index in [1.54, 1.807) is 11.0 Å². The van der Waals surface area contributed by atoms with Crippen LogP contribution in [-0.2, 0) is 6.54 Å². The number of carbonyl (C=O) groups is 1. The van der Waals surface area contributed by atoms with Crippen LogP contribution in [0.2, 0.25) is 0 Å². The van der Waals surface area contributed by atoms with Crippen molar-refractivity contribution >= 4 is 5.91 Å². The molecule has 3 rings (SSSR count). The molecule has 27 heavy (non-hydrogen) atoms. The maximum atomic E-state index is 12.6. The Kier molecular flexibility index (Phi) is 6.61. The lowest BCUT2D eigenvalue weighted by Crippen LogP contribution is -2.49. The Morgan fingerprint density at radius 2 is 1.93 bits per heavy atom. The Bertz CT molecular complexity index is 703. The first kappa shape index (κ1) is 19.5. The predicted molar refractivity (Wildman–Crippen MR) is 106 cm³/mol. The number of amides is 1. The summed E-state index contributed by atoms with van der Waals surface area (Å²) in [6.07, 6.45) is 5.72. The molecular formula is C21H31N5O. The maximum absolute atomic E-state index is 12.6. The molecule has 0 aliphatic carbocycles. The molecule has 1 aliphatic heterocycles. The molecule has 0 bridgehead atoms. The molecule has 1 amide bonds. The smallest absolute Gasteiger partial charge is 0.251 e. The van der Waals surface area contributed by atoms with E-state index in [-0.39, 0.29) is 5.91 Å². The van der Waals surface area contributed by atoms with Crippen molar-refractivity contribution in [3.05, 3.63) is 48.0 Å². The zero-order chi connectivity index (χ0) is 19.2. The van der Waals surface area contributed by atoms with Gasteiger partial charge in [0.1, 0.15) is 12.7 Å². The molecule has 146 valence electrons. The summed E-state index contributed by atoms with van der Waals surface area (Å²) < 4.78 is 1.77. The van der Waals surface area contributed by atoms with Crippen LogP contribution in [-0.4, -0.2) is 51.2 Å². The molecule has 1 aromatic carbocycles. The second-order valence-electron chi connectivity index (χ2n) is 8.03. The number of nitrogens with one attached hydrogen (secondary N) is 1. The Balaban J connectivity index is 1.54. The molecule has 1 aliphatic rings. The van der Waals surface area contributed by atoms with Crippen LogP contribution in [0.3, 0.4) is 0 Å². The summed E-state index contributed by atoms with van der Waals surface area (Å²) in [5, 5.41) is 7.25. The van der Waals surface area contributed by atoms with Crippen LogP contribution in [0.1, 0.15) is 49.5 Å². The number of piperidine rings is 1. The highest BCUT2D eigenvalue weighted by Crippen LogP contribution is 2.21. The first-order valence-corrected chi connectivity index (χ1v) is 9.96. The first-order chi connectivity index (χ1) is 13.0. The van der Waals surface area contributed by atoms with Gasteiger partial charge in [0.2, 0.25) is 0 Å². The number of likely N-dealkylation sites (tertiary alicyclic amines) is 1. The summed E-state index contributed by atoms with van der Waals surface area (Å²) in [5.41, 5.74) is 1.80. The normalized spacial score (nSPS) is 17.2. The van der Waals surface area contributed by atoms with Gasteiger partial charge in [-0.05, 0) is 55.5 Å². The van der Waals surface area contributed by atoms with Crippen molar-refractivity contribution in [1.82, 2.24) is 25.0 Å². The van der Waals surface area contributed by atoms with E-state index in [0.717, 1.165) is 24.6 Å². The van der Waals surface area contributed by atoms with E-state index < -0.39 is 0 Å². The quantitative estimate of drug-likeness (QED) is 0.815. The topological polar surface area (TPSA) is 63.1 Å². The Labute approximate surface area is 162 Å². The molecule has 0 spiro atoms. The zero-order valence-corrected chi connectivity index (χ0v) is 16.6. The average molecular weight is 370 g/mol. The van der Waals surface area contributed by atoms with Crippen LogP contribution < -0.4 is 5.32 Å². The van der Waals surface area contributed by atoms with E-state index in [9.17, 15) is 4.79 Å². The Morgan fingerprint density at radius 1 is 1.22 bits per heavy atom. The summed E-state index contributed by atoms with van der Waals surface area (Å²) in [7, 11) is 0. The summed E-state index contributed by atoms with van der Waals surface area (Å²) in [4.78, 5) is 19.1. The summed E-state index contributed by atoms with van der Waals surface area (Å²) >= 11 is 0. The van der Waals surface area contributed by atoms with Crippen LogP contribution in [0, 0.1) is 11.8 Å². The van der Waals surface area contributed by atoms with Crippen LogP contribution in [0.25, 0.3) is 0 Å². The average Bonchev–Trinajstić information content (AvgIpc) is 3.16. The van der Waals surface area contributed by atoms with Gasteiger partial charge >= 0.3 is 0 Å². The molecule has 0 unspecified atom stereocenters. The number of nitrogens with zero attached hydrogens (tertiary/aromatic N) is 4. The standard InChI is InChI=1S/C21H31N5O/c1-16(2)20(25-10-8-17(3)9-11-25)12-23-21(27)19-6-4-18(5-7-19)13-26-15-22-14-24-26/h4-7,14-17,20H,8-13H2,1-3H3,(H,23,27)/t20-/m0/s1. The molecule has 1 fully saturated rings. The van der Waals surface area contributed by atoms with Gasteiger partial charge in [0.15, 0.2) is 0 Å². The zero-order valence-electron chi connectivity index (χ0n) is 16.6. The number of benzene rings is 1. The van der Waals surface area contributed by atoms with E-state index >= 15 is 0 Å². The van der Waals surface area contributed by atoms with Gasteiger partial charge in [-0.3, -0.25) is 9.69 Å². The summed E-state index contributed by atoms with van der Waals surface area (Å²) in [6, 6.07) is 8.11. The lowest BCUT2D eigenvalue weighted by molar-refractivity contribution is 0.0863. The Morgan fingerprint density at radius 3 is 2.52 bits per heavy atom. The number of carbonyl (C=O) groups excluding carboxylic acids is 1. The number of hydrogen-bond donors (Lipinski definition) is 1. The lowest BCUT2D eigenvalue weighted by Gasteiger charge is -2.38. The predicted octanol–water partition coefficient (Wildman–Crippen LogP) is 2.81. The number of hydrogen-bond acceptors (Lipinski definition) is 4. The van der Waals surface area contributed by atoms with Crippen LogP contribution in [0.15, 0.2) is 36.9 Å². The van der Waals surface area contributed by atoms with Crippen LogP contribution in [0.5, 0.6) is 0 Å². The largest absolute Gasteiger partial charge is 0.350 e. The second kappa shape index (κ2) is 9.13. The van der Waals surface area contributed by atoms with Gasteiger partial charge in [-0.2, -0.15) is 5.10 Å². The minimum Gasteiger partial charge on any atom is -0.350 e. The summed E-state index contributed by atoms with van der Waals surface area (Å²) in [6.45, 7) is 10.4. The van der Waals surface area contributed by atoms with E-state index in [1.165, 1.54) is 19.2 Å².